The van der Waals surface area contributed by atoms with Crippen LogP contribution < -0.4 is 5.32 Å². The minimum atomic E-state index is 0.321. The summed E-state index contributed by atoms with van der Waals surface area (Å²) >= 11 is 0. The fourth-order valence-electron chi connectivity index (χ4n) is 3.31. The molecule has 0 aromatic carbocycles. The third-order valence-corrected chi connectivity index (χ3v) is 4.89. The van der Waals surface area contributed by atoms with E-state index in [2.05, 4.69) is 31.1 Å². The monoisotopic (exact) mass is 238 g/mol. The van der Waals surface area contributed by atoms with Crippen molar-refractivity contribution in [3.05, 3.63) is 0 Å². The van der Waals surface area contributed by atoms with Gasteiger partial charge < -0.3 is 5.32 Å². The Kier molecular flexibility index (Phi) is 4.48. The van der Waals surface area contributed by atoms with E-state index in [9.17, 15) is 0 Å². The second-order valence-electron chi connectivity index (χ2n) is 6.58. The van der Waals surface area contributed by atoms with Crippen LogP contribution in [0.5, 0.6) is 0 Å². The lowest BCUT2D eigenvalue weighted by molar-refractivity contribution is 0.0808. The Bertz CT molecular complexity index is 221. The number of likely N-dealkylation sites (N-methyl/N-ethyl adjacent to an activating group) is 1. The predicted molar refractivity (Wildman–Crippen MR) is 74.3 cm³/mol. The highest BCUT2D eigenvalue weighted by atomic mass is 15.2. The highest BCUT2D eigenvalue weighted by Gasteiger charge is 2.37. The van der Waals surface area contributed by atoms with E-state index in [4.69, 9.17) is 0 Å². The second-order valence-corrected chi connectivity index (χ2v) is 6.58. The van der Waals surface area contributed by atoms with Crippen LogP contribution in [0.15, 0.2) is 0 Å². The van der Waals surface area contributed by atoms with E-state index in [0.717, 1.165) is 5.92 Å². The number of hydrogen-bond donors (Lipinski definition) is 1. The predicted octanol–water partition coefficient (Wildman–Crippen LogP) is 3.03. The van der Waals surface area contributed by atoms with Gasteiger partial charge in [-0.05, 0) is 59.2 Å². The lowest BCUT2D eigenvalue weighted by atomic mass is 9.88. The maximum absolute atomic E-state index is 3.59. The molecule has 2 aliphatic rings. The van der Waals surface area contributed by atoms with Gasteiger partial charge in [-0.15, -0.1) is 0 Å². The van der Waals surface area contributed by atoms with Crippen molar-refractivity contribution in [3.8, 4) is 0 Å². The average Bonchev–Trinajstić information content (AvgIpc) is 3.12. The van der Waals surface area contributed by atoms with Crippen molar-refractivity contribution in [1.82, 2.24) is 10.2 Å². The zero-order chi connectivity index (χ0) is 12.3. The highest BCUT2D eigenvalue weighted by Crippen LogP contribution is 2.37. The van der Waals surface area contributed by atoms with Gasteiger partial charge >= 0.3 is 0 Å². The Labute approximate surface area is 107 Å². The molecular formula is C15H30N2. The summed E-state index contributed by atoms with van der Waals surface area (Å²) < 4.78 is 0. The molecule has 2 heteroatoms. The third-order valence-electron chi connectivity index (χ3n) is 4.89. The van der Waals surface area contributed by atoms with Gasteiger partial charge in [0.1, 0.15) is 0 Å². The fourth-order valence-corrected chi connectivity index (χ4v) is 3.31. The quantitative estimate of drug-likeness (QED) is 0.792. The molecule has 2 nitrogen and oxygen atoms in total. The van der Waals surface area contributed by atoms with Gasteiger partial charge in [-0.3, -0.25) is 4.90 Å². The van der Waals surface area contributed by atoms with Crippen molar-refractivity contribution in [1.29, 1.82) is 0 Å². The highest BCUT2D eigenvalue weighted by molar-refractivity contribution is 4.96. The van der Waals surface area contributed by atoms with Crippen LogP contribution >= 0.6 is 0 Å². The molecule has 2 rings (SSSR count). The van der Waals surface area contributed by atoms with Crippen molar-refractivity contribution in [2.45, 2.75) is 70.4 Å². The van der Waals surface area contributed by atoms with Crippen LogP contribution in [0.4, 0.5) is 0 Å². The van der Waals surface area contributed by atoms with Gasteiger partial charge in [0.25, 0.3) is 0 Å². The zero-order valence-electron chi connectivity index (χ0n) is 12.0. The number of likely N-dealkylation sites (tertiary alicyclic amines) is 1. The molecule has 1 aliphatic carbocycles. The molecule has 1 heterocycles. The Balaban J connectivity index is 1.96. The smallest absolute Gasteiger partial charge is 0.0306 e. The van der Waals surface area contributed by atoms with Crippen LogP contribution in [0.2, 0.25) is 0 Å². The topological polar surface area (TPSA) is 15.3 Å². The molecule has 1 atom stereocenters. The molecule has 1 unspecified atom stereocenters. The SMILES string of the molecule is CNC(CC1CC1)C(C)(C)N1CCCCCC1. The van der Waals surface area contributed by atoms with E-state index in [1.165, 1.54) is 58.0 Å². The number of rotatable bonds is 5. The summed E-state index contributed by atoms with van der Waals surface area (Å²) in [6, 6.07) is 0.660. The fraction of sp³-hybridized carbons (Fsp3) is 1.00. The molecule has 17 heavy (non-hydrogen) atoms. The van der Waals surface area contributed by atoms with Crippen molar-refractivity contribution in [2.75, 3.05) is 20.1 Å². The summed E-state index contributed by atoms with van der Waals surface area (Å²) in [6.45, 7) is 7.50. The van der Waals surface area contributed by atoms with E-state index in [0.29, 0.717) is 11.6 Å². The van der Waals surface area contributed by atoms with E-state index < -0.39 is 0 Å². The Morgan fingerprint density at radius 2 is 1.71 bits per heavy atom. The van der Waals surface area contributed by atoms with Gasteiger partial charge in [0.05, 0.1) is 0 Å². The third kappa shape index (κ3) is 3.45. The maximum atomic E-state index is 3.59. The lowest BCUT2D eigenvalue weighted by Gasteiger charge is -2.44. The number of nitrogens with zero attached hydrogens (tertiary/aromatic N) is 1. The Hall–Kier alpha value is -0.0800. The number of hydrogen-bond acceptors (Lipinski definition) is 2. The van der Waals surface area contributed by atoms with Crippen LogP contribution in [-0.2, 0) is 0 Å². The molecule has 1 saturated heterocycles. The average molecular weight is 238 g/mol. The van der Waals surface area contributed by atoms with Crippen molar-refractivity contribution >= 4 is 0 Å². The van der Waals surface area contributed by atoms with Gasteiger partial charge in [0.15, 0.2) is 0 Å². The maximum Gasteiger partial charge on any atom is 0.0306 e. The summed E-state index contributed by atoms with van der Waals surface area (Å²) in [5, 5.41) is 3.59. The number of nitrogens with one attached hydrogen (secondary N) is 1. The molecule has 0 spiro atoms. The van der Waals surface area contributed by atoms with Crippen LogP contribution in [-0.4, -0.2) is 36.6 Å². The molecule has 1 aliphatic heterocycles. The van der Waals surface area contributed by atoms with Gasteiger partial charge in [0, 0.05) is 11.6 Å². The minimum Gasteiger partial charge on any atom is -0.315 e. The van der Waals surface area contributed by atoms with Crippen LogP contribution in [0.25, 0.3) is 0 Å². The summed E-state index contributed by atoms with van der Waals surface area (Å²) in [4.78, 5) is 2.74. The van der Waals surface area contributed by atoms with Gasteiger partial charge in [-0.1, -0.05) is 25.7 Å². The molecule has 1 N–H and O–H groups in total. The largest absolute Gasteiger partial charge is 0.315 e. The molecule has 1 saturated carbocycles. The first-order chi connectivity index (χ1) is 8.14. The van der Waals surface area contributed by atoms with E-state index in [1.54, 1.807) is 0 Å². The molecule has 2 fully saturated rings. The summed E-state index contributed by atoms with van der Waals surface area (Å²) in [5.41, 5.74) is 0.321. The molecule has 0 radical (unpaired) electrons. The first kappa shape index (κ1) is 13.4. The van der Waals surface area contributed by atoms with E-state index in [1.807, 2.05) is 0 Å². The molecule has 100 valence electrons. The minimum absolute atomic E-state index is 0.321. The van der Waals surface area contributed by atoms with Crippen LogP contribution in [0, 0.1) is 5.92 Å². The Morgan fingerprint density at radius 1 is 1.12 bits per heavy atom. The standard InChI is InChI=1S/C15H30N2/c1-15(2,14(16-3)12-13-8-9-13)17-10-6-4-5-7-11-17/h13-14,16H,4-12H2,1-3H3. The van der Waals surface area contributed by atoms with Gasteiger partial charge in [0.2, 0.25) is 0 Å². The Morgan fingerprint density at radius 3 is 2.18 bits per heavy atom. The molecule has 0 aromatic rings. The van der Waals surface area contributed by atoms with Crippen molar-refractivity contribution in [2.24, 2.45) is 5.92 Å². The van der Waals surface area contributed by atoms with E-state index >= 15 is 0 Å². The molecule has 0 amide bonds. The lowest BCUT2D eigenvalue weighted by Crippen LogP contribution is -2.57. The first-order valence-corrected chi connectivity index (χ1v) is 7.57. The molecule has 0 bridgehead atoms. The van der Waals surface area contributed by atoms with Crippen LogP contribution in [0.1, 0.15) is 58.8 Å². The summed E-state index contributed by atoms with van der Waals surface area (Å²) in [6.07, 6.45) is 9.95. The first-order valence-electron chi connectivity index (χ1n) is 7.57. The second kappa shape index (κ2) is 5.71. The van der Waals surface area contributed by atoms with Gasteiger partial charge in [-0.2, -0.15) is 0 Å². The zero-order valence-corrected chi connectivity index (χ0v) is 12.0. The van der Waals surface area contributed by atoms with Crippen LogP contribution in [0.3, 0.4) is 0 Å². The molecule has 0 aromatic heterocycles. The summed E-state index contributed by atoms with van der Waals surface area (Å²) in [7, 11) is 2.15. The molecular weight excluding hydrogens is 208 g/mol. The summed E-state index contributed by atoms with van der Waals surface area (Å²) in [5.74, 6) is 1.01. The van der Waals surface area contributed by atoms with E-state index in [-0.39, 0.29) is 0 Å². The van der Waals surface area contributed by atoms with Crippen molar-refractivity contribution in [3.63, 3.8) is 0 Å². The normalized spacial score (nSPS) is 25.6. The van der Waals surface area contributed by atoms with Gasteiger partial charge in [-0.25, -0.2) is 0 Å². The van der Waals surface area contributed by atoms with Crippen molar-refractivity contribution < 1.29 is 0 Å².